The van der Waals surface area contributed by atoms with Crippen LogP contribution in [0.2, 0.25) is 0 Å². The number of nitrogens with zero attached hydrogens (tertiary/aromatic N) is 4. The Balaban J connectivity index is 2.81. The molecule has 1 aromatic heterocycles. The van der Waals surface area contributed by atoms with E-state index in [4.69, 9.17) is 5.26 Å². The highest BCUT2D eigenvalue weighted by Crippen LogP contribution is 2.03. The van der Waals surface area contributed by atoms with Gasteiger partial charge < -0.3 is 4.90 Å². The van der Waals surface area contributed by atoms with Gasteiger partial charge in [-0.1, -0.05) is 5.16 Å². The van der Waals surface area contributed by atoms with Crippen LogP contribution in [0.1, 0.15) is 16.2 Å². The van der Waals surface area contributed by atoms with E-state index in [9.17, 15) is 4.79 Å². The Labute approximate surface area is 74.7 Å². The monoisotopic (exact) mass is 180 g/mol. The fourth-order valence-electron chi connectivity index (χ4n) is 0.784. The number of rotatable bonds is 2. The summed E-state index contributed by atoms with van der Waals surface area (Å²) < 4.78 is 4.36. The number of amides is 1. The third-order valence-electron chi connectivity index (χ3n) is 1.51. The van der Waals surface area contributed by atoms with Crippen LogP contribution in [0.25, 0.3) is 0 Å². The first-order valence-electron chi connectivity index (χ1n) is 3.58. The Morgan fingerprint density at radius 3 is 2.85 bits per heavy atom. The first kappa shape index (κ1) is 9.19. The number of carbonyl (C=O) groups is 1. The molecule has 0 unspecified atom stereocenters. The van der Waals surface area contributed by atoms with E-state index < -0.39 is 0 Å². The molecule has 0 N–H and O–H groups in total. The van der Waals surface area contributed by atoms with Gasteiger partial charge in [-0.25, -0.2) is 4.63 Å². The van der Waals surface area contributed by atoms with Gasteiger partial charge in [0.25, 0.3) is 5.91 Å². The molecule has 1 heterocycles. The highest BCUT2D eigenvalue weighted by Gasteiger charge is 2.18. The van der Waals surface area contributed by atoms with Crippen LogP contribution >= 0.6 is 0 Å². The highest BCUT2D eigenvalue weighted by molar-refractivity contribution is 5.92. The van der Waals surface area contributed by atoms with Crippen LogP contribution in [0.5, 0.6) is 0 Å². The molecule has 6 nitrogen and oxygen atoms in total. The maximum absolute atomic E-state index is 11.4. The zero-order valence-electron chi connectivity index (χ0n) is 7.31. The lowest BCUT2D eigenvalue weighted by Gasteiger charge is -2.09. The molecule has 0 saturated heterocycles. The minimum absolute atomic E-state index is 0.0190. The summed E-state index contributed by atoms with van der Waals surface area (Å²) in [6.07, 6.45) is 0. The van der Waals surface area contributed by atoms with Crippen molar-refractivity contribution in [1.82, 2.24) is 15.2 Å². The van der Waals surface area contributed by atoms with Crippen LogP contribution in [-0.4, -0.2) is 34.7 Å². The first-order valence-corrected chi connectivity index (χ1v) is 3.58. The number of hydrogen-bond acceptors (Lipinski definition) is 5. The molecule has 13 heavy (non-hydrogen) atoms. The SMILES string of the molecule is Cc1nonc1C(=O)N(C)CC#N. The van der Waals surface area contributed by atoms with Gasteiger partial charge in [0, 0.05) is 7.05 Å². The van der Waals surface area contributed by atoms with Crippen LogP contribution in [0.4, 0.5) is 0 Å². The number of aromatic nitrogens is 2. The Kier molecular flexibility index (Phi) is 2.59. The lowest BCUT2D eigenvalue weighted by atomic mass is 10.3. The van der Waals surface area contributed by atoms with Crippen molar-refractivity contribution in [3.05, 3.63) is 11.4 Å². The molecule has 0 radical (unpaired) electrons. The number of carbonyl (C=O) groups excluding carboxylic acids is 1. The van der Waals surface area contributed by atoms with E-state index in [0.717, 1.165) is 0 Å². The molecule has 0 spiro atoms. The predicted octanol–water partition coefficient (Wildman–Crippen LogP) is -0.0264. The second-order valence-electron chi connectivity index (χ2n) is 2.52. The quantitative estimate of drug-likeness (QED) is 0.597. The van der Waals surface area contributed by atoms with Crippen molar-refractivity contribution < 1.29 is 9.42 Å². The van der Waals surface area contributed by atoms with Gasteiger partial charge >= 0.3 is 0 Å². The van der Waals surface area contributed by atoms with Crippen molar-refractivity contribution in [3.63, 3.8) is 0 Å². The topological polar surface area (TPSA) is 83.0 Å². The van der Waals surface area contributed by atoms with Crippen molar-refractivity contribution in [2.45, 2.75) is 6.92 Å². The van der Waals surface area contributed by atoms with E-state index in [1.54, 1.807) is 6.92 Å². The molecule has 0 bridgehead atoms. The molecule has 0 fully saturated rings. The van der Waals surface area contributed by atoms with Crippen molar-refractivity contribution in [3.8, 4) is 6.07 Å². The summed E-state index contributed by atoms with van der Waals surface area (Å²) in [5.41, 5.74) is 0.576. The van der Waals surface area contributed by atoms with E-state index in [-0.39, 0.29) is 18.1 Å². The average molecular weight is 180 g/mol. The van der Waals surface area contributed by atoms with Gasteiger partial charge in [-0.3, -0.25) is 4.79 Å². The van der Waals surface area contributed by atoms with E-state index in [2.05, 4.69) is 14.9 Å². The molecular weight excluding hydrogens is 172 g/mol. The Morgan fingerprint density at radius 2 is 2.38 bits per heavy atom. The third kappa shape index (κ3) is 1.82. The lowest BCUT2D eigenvalue weighted by molar-refractivity contribution is 0.0800. The molecular formula is C7H8N4O2. The molecule has 0 aromatic carbocycles. The minimum Gasteiger partial charge on any atom is -0.327 e. The summed E-state index contributed by atoms with van der Waals surface area (Å²) in [6.45, 7) is 1.63. The number of aryl methyl sites for hydroxylation is 1. The van der Waals surface area contributed by atoms with E-state index >= 15 is 0 Å². The molecule has 68 valence electrons. The van der Waals surface area contributed by atoms with Crippen molar-refractivity contribution in [2.75, 3.05) is 13.6 Å². The second kappa shape index (κ2) is 3.67. The summed E-state index contributed by atoms with van der Waals surface area (Å²) >= 11 is 0. The molecule has 0 aliphatic heterocycles. The number of nitriles is 1. The summed E-state index contributed by atoms with van der Waals surface area (Å²) in [6, 6.07) is 1.86. The largest absolute Gasteiger partial charge is 0.327 e. The van der Waals surface area contributed by atoms with Crippen molar-refractivity contribution >= 4 is 5.91 Å². The van der Waals surface area contributed by atoms with Gasteiger partial charge in [0.05, 0.1) is 6.07 Å². The number of hydrogen-bond donors (Lipinski definition) is 0. The third-order valence-corrected chi connectivity index (χ3v) is 1.51. The van der Waals surface area contributed by atoms with Crippen LogP contribution in [0.3, 0.4) is 0 Å². The van der Waals surface area contributed by atoms with Crippen LogP contribution < -0.4 is 0 Å². The van der Waals surface area contributed by atoms with E-state index in [0.29, 0.717) is 5.69 Å². The van der Waals surface area contributed by atoms with E-state index in [1.807, 2.05) is 6.07 Å². The maximum atomic E-state index is 11.4. The van der Waals surface area contributed by atoms with Gasteiger partial charge in [0.2, 0.25) is 0 Å². The molecule has 1 amide bonds. The fourth-order valence-corrected chi connectivity index (χ4v) is 0.784. The second-order valence-corrected chi connectivity index (χ2v) is 2.52. The van der Waals surface area contributed by atoms with Crippen LogP contribution in [0, 0.1) is 18.3 Å². The van der Waals surface area contributed by atoms with Gasteiger partial charge in [-0.15, -0.1) is 0 Å². The molecule has 0 saturated carbocycles. The zero-order chi connectivity index (χ0) is 9.84. The molecule has 0 atom stereocenters. The van der Waals surface area contributed by atoms with Gasteiger partial charge in [-0.05, 0) is 12.1 Å². The fraction of sp³-hybridized carbons (Fsp3) is 0.429. The highest BCUT2D eigenvalue weighted by atomic mass is 16.6. The average Bonchev–Trinajstić information content (AvgIpc) is 2.50. The van der Waals surface area contributed by atoms with Gasteiger partial charge in [0.15, 0.2) is 5.69 Å². The molecule has 6 heteroatoms. The van der Waals surface area contributed by atoms with Crippen LogP contribution in [0.15, 0.2) is 4.63 Å². The van der Waals surface area contributed by atoms with E-state index in [1.165, 1.54) is 11.9 Å². The zero-order valence-corrected chi connectivity index (χ0v) is 7.31. The Bertz CT molecular complexity index is 352. The van der Waals surface area contributed by atoms with Crippen molar-refractivity contribution in [1.29, 1.82) is 5.26 Å². The van der Waals surface area contributed by atoms with Crippen LogP contribution in [-0.2, 0) is 0 Å². The Morgan fingerprint density at radius 1 is 1.69 bits per heavy atom. The van der Waals surface area contributed by atoms with Gasteiger partial charge in [-0.2, -0.15) is 5.26 Å². The normalized spacial score (nSPS) is 9.31. The predicted molar refractivity (Wildman–Crippen MR) is 41.6 cm³/mol. The maximum Gasteiger partial charge on any atom is 0.278 e. The summed E-state index contributed by atoms with van der Waals surface area (Å²) in [4.78, 5) is 12.7. The minimum atomic E-state index is -0.361. The molecule has 0 aliphatic carbocycles. The van der Waals surface area contributed by atoms with Crippen molar-refractivity contribution in [2.24, 2.45) is 0 Å². The molecule has 1 rings (SSSR count). The summed E-state index contributed by atoms with van der Waals surface area (Å²) in [7, 11) is 1.51. The molecule has 1 aromatic rings. The standard InChI is InChI=1S/C7H8N4O2/c1-5-6(10-13-9-5)7(12)11(2)4-3-8/h4H2,1-2H3. The summed E-state index contributed by atoms with van der Waals surface area (Å²) in [5.74, 6) is -0.361. The lowest BCUT2D eigenvalue weighted by Crippen LogP contribution is -2.27. The first-order chi connectivity index (χ1) is 6.16. The summed E-state index contributed by atoms with van der Waals surface area (Å²) in [5, 5.41) is 15.2. The smallest absolute Gasteiger partial charge is 0.278 e. The molecule has 0 aliphatic rings. The van der Waals surface area contributed by atoms with Gasteiger partial charge in [0.1, 0.15) is 12.2 Å². The Hall–Kier alpha value is -1.90.